The van der Waals surface area contributed by atoms with Crippen molar-refractivity contribution in [2.45, 2.75) is 6.92 Å². The zero-order chi connectivity index (χ0) is 15.0. The van der Waals surface area contributed by atoms with Crippen molar-refractivity contribution >= 4 is 22.7 Å². The number of aromatic nitrogens is 1. The summed E-state index contributed by atoms with van der Waals surface area (Å²) in [6.45, 7) is 3.02. The van der Waals surface area contributed by atoms with E-state index in [1.54, 1.807) is 6.07 Å². The predicted octanol–water partition coefficient (Wildman–Crippen LogP) is 2.26. The summed E-state index contributed by atoms with van der Waals surface area (Å²) in [6, 6.07) is 11.4. The van der Waals surface area contributed by atoms with Gasteiger partial charge in [0.2, 0.25) is 0 Å². The Bertz CT molecular complexity index is 751. The van der Waals surface area contributed by atoms with Gasteiger partial charge in [0.05, 0.1) is 23.1 Å². The molecular formula is C16H15N3O2. The Kier molecular flexibility index (Phi) is 3.22. The molecular weight excluding hydrogens is 266 g/mol. The maximum atomic E-state index is 11.2. The van der Waals surface area contributed by atoms with E-state index in [9.17, 15) is 15.2 Å². The Labute approximate surface area is 122 Å². The van der Waals surface area contributed by atoms with Gasteiger partial charge in [0.15, 0.2) is 0 Å². The van der Waals surface area contributed by atoms with Crippen molar-refractivity contribution in [2.24, 2.45) is 11.8 Å². The fourth-order valence-corrected chi connectivity index (χ4v) is 2.89. The number of carboxylic acids is 1. The van der Waals surface area contributed by atoms with Crippen molar-refractivity contribution in [2.75, 3.05) is 18.0 Å². The number of fused-ring (bicyclic) bond motifs is 1. The quantitative estimate of drug-likeness (QED) is 0.913. The summed E-state index contributed by atoms with van der Waals surface area (Å²) in [5.41, 5.74) is 1.33. The summed E-state index contributed by atoms with van der Waals surface area (Å²) in [7, 11) is 0. The van der Waals surface area contributed by atoms with Crippen molar-refractivity contribution < 1.29 is 9.90 Å². The first-order valence-corrected chi connectivity index (χ1v) is 6.88. The number of para-hydroxylation sites is 1. The fraction of sp³-hybridized carbons (Fsp3) is 0.312. The van der Waals surface area contributed by atoms with Crippen molar-refractivity contribution in [1.29, 1.82) is 5.26 Å². The van der Waals surface area contributed by atoms with Crippen molar-refractivity contribution in [1.82, 2.24) is 4.98 Å². The second kappa shape index (κ2) is 5.06. The fourth-order valence-electron chi connectivity index (χ4n) is 2.89. The van der Waals surface area contributed by atoms with E-state index in [1.165, 1.54) is 0 Å². The summed E-state index contributed by atoms with van der Waals surface area (Å²) in [6.07, 6.45) is 0. The summed E-state index contributed by atoms with van der Waals surface area (Å²) < 4.78 is 0. The average Bonchev–Trinajstić information content (AvgIpc) is 2.88. The van der Waals surface area contributed by atoms with Gasteiger partial charge in [-0.3, -0.25) is 4.79 Å². The molecule has 106 valence electrons. The molecule has 0 spiro atoms. The molecule has 1 saturated heterocycles. The van der Waals surface area contributed by atoms with Gasteiger partial charge in [-0.15, -0.1) is 0 Å². The Morgan fingerprint density at radius 1 is 1.43 bits per heavy atom. The lowest BCUT2D eigenvalue weighted by atomic mass is 9.99. The Balaban J connectivity index is 2.02. The molecule has 0 amide bonds. The van der Waals surface area contributed by atoms with Crippen LogP contribution >= 0.6 is 0 Å². The van der Waals surface area contributed by atoms with Gasteiger partial charge in [0.25, 0.3) is 0 Å². The largest absolute Gasteiger partial charge is 0.481 e. The average molecular weight is 281 g/mol. The molecule has 0 aliphatic carbocycles. The molecule has 5 nitrogen and oxygen atoms in total. The number of benzene rings is 1. The van der Waals surface area contributed by atoms with E-state index in [4.69, 9.17) is 0 Å². The van der Waals surface area contributed by atoms with Crippen LogP contribution in [0.2, 0.25) is 0 Å². The van der Waals surface area contributed by atoms with Crippen molar-refractivity contribution in [3.8, 4) is 6.07 Å². The molecule has 1 aliphatic heterocycles. The minimum absolute atomic E-state index is 0.0707. The van der Waals surface area contributed by atoms with Crippen LogP contribution in [0.5, 0.6) is 0 Å². The molecule has 2 atom stereocenters. The minimum atomic E-state index is -0.772. The highest BCUT2D eigenvalue weighted by Crippen LogP contribution is 2.29. The highest BCUT2D eigenvalue weighted by Gasteiger charge is 2.35. The van der Waals surface area contributed by atoms with E-state index in [-0.39, 0.29) is 11.8 Å². The van der Waals surface area contributed by atoms with Crippen LogP contribution in [0.4, 0.5) is 5.82 Å². The number of hydrogen-bond acceptors (Lipinski definition) is 4. The molecule has 21 heavy (non-hydrogen) atoms. The number of rotatable bonds is 2. The second-order valence-electron chi connectivity index (χ2n) is 5.48. The third kappa shape index (κ3) is 2.29. The van der Waals surface area contributed by atoms with E-state index in [1.807, 2.05) is 36.1 Å². The van der Waals surface area contributed by atoms with E-state index in [0.717, 1.165) is 10.9 Å². The number of carboxylic acid groups (broad SMARTS) is 1. The molecule has 0 bridgehead atoms. The Morgan fingerprint density at radius 3 is 2.86 bits per heavy atom. The van der Waals surface area contributed by atoms with Crippen LogP contribution < -0.4 is 4.90 Å². The molecule has 2 aromatic rings. The third-order valence-electron chi connectivity index (χ3n) is 4.08. The van der Waals surface area contributed by atoms with Crippen molar-refractivity contribution in [3.63, 3.8) is 0 Å². The summed E-state index contributed by atoms with van der Waals surface area (Å²) in [5.74, 6) is -0.405. The maximum Gasteiger partial charge on any atom is 0.308 e. The molecule has 0 saturated carbocycles. The number of anilines is 1. The number of carbonyl (C=O) groups is 1. The first-order valence-electron chi connectivity index (χ1n) is 6.88. The van der Waals surface area contributed by atoms with Crippen molar-refractivity contribution in [3.05, 3.63) is 35.9 Å². The third-order valence-corrected chi connectivity index (χ3v) is 4.08. The van der Waals surface area contributed by atoms with Gasteiger partial charge in [-0.05, 0) is 18.1 Å². The highest BCUT2D eigenvalue weighted by molar-refractivity contribution is 5.86. The Hall–Kier alpha value is -2.61. The second-order valence-corrected chi connectivity index (χ2v) is 5.48. The first kappa shape index (κ1) is 13.4. The van der Waals surface area contributed by atoms with Gasteiger partial charge in [-0.1, -0.05) is 25.1 Å². The smallest absolute Gasteiger partial charge is 0.308 e. The lowest BCUT2D eigenvalue weighted by Crippen LogP contribution is -2.23. The molecule has 5 heteroatoms. The SMILES string of the molecule is C[C@@H]1CN(c2cc(C#N)c3ccccc3n2)C[C@H]1C(=O)O. The monoisotopic (exact) mass is 281 g/mol. The maximum absolute atomic E-state index is 11.2. The van der Waals surface area contributed by atoms with E-state index in [0.29, 0.717) is 24.5 Å². The van der Waals surface area contributed by atoms with Crippen LogP contribution in [0.25, 0.3) is 10.9 Å². The lowest BCUT2D eigenvalue weighted by Gasteiger charge is -2.18. The van der Waals surface area contributed by atoms with Gasteiger partial charge in [0, 0.05) is 18.5 Å². The van der Waals surface area contributed by atoms with Gasteiger partial charge < -0.3 is 10.0 Å². The molecule has 1 aromatic heterocycles. The lowest BCUT2D eigenvalue weighted by molar-refractivity contribution is -0.142. The summed E-state index contributed by atoms with van der Waals surface area (Å²) in [5, 5.41) is 19.4. The highest BCUT2D eigenvalue weighted by atomic mass is 16.4. The van der Waals surface area contributed by atoms with Gasteiger partial charge >= 0.3 is 5.97 Å². The zero-order valence-corrected chi connectivity index (χ0v) is 11.7. The number of aliphatic carboxylic acids is 1. The predicted molar refractivity (Wildman–Crippen MR) is 79.0 cm³/mol. The number of pyridine rings is 1. The first-order chi connectivity index (χ1) is 10.1. The molecule has 1 aromatic carbocycles. The summed E-state index contributed by atoms with van der Waals surface area (Å²) in [4.78, 5) is 17.8. The van der Waals surface area contributed by atoms with Crippen LogP contribution in [-0.4, -0.2) is 29.1 Å². The Morgan fingerprint density at radius 2 is 2.19 bits per heavy atom. The standard InChI is InChI=1S/C16H15N3O2/c1-10-8-19(9-13(10)16(20)21)15-6-11(7-17)12-4-2-3-5-14(12)18-15/h2-6,10,13H,8-9H2,1H3,(H,20,21)/t10-,13-/m1/s1. The molecule has 0 radical (unpaired) electrons. The molecule has 1 aliphatic rings. The number of nitrogens with zero attached hydrogens (tertiary/aromatic N) is 3. The minimum Gasteiger partial charge on any atom is -0.481 e. The topological polar surface area (TPSA) is 77.2 Å². The van der Waals surface area contributed by atoms with Crippen LogP contribution in [0.15, 0.2) is 30.3 Å². The van der Waals surface area contributed by atoms with Gasteiger partial charge in [0.1, 0.15) is 5.82 Å². The number of nitriles is 1. The van der Waals surface area contributed by atoms with Gasteiger partial charge in [-0.2, -0.15) is 5.26 Å². The van der Waals surface area contributed by atoms with E-state index in [2.05, 4.69) is 11.1 Å². The van der Waals surface area contributed by atoms with Crippen LogP contribution in [-0.2, 0) is 4.79 Å². The molecule has 2 heterocycles. The number of hydrogen-bond donors (Lipinski definition) is 1. The van der Waals surface area contributed by atoms with E-state index >= 15 is 0 Å². The summed E-state index contributed by atoms with van der Waals surface area (Å²) >= 11 is 0. The molecule has 0 unspecified atom stereocenters. The van der Waals surface area contributed by atoms with Crippen LogP contribution in [0.3, 0.4) is 0 Å². The van der Waals surface area contributed by atoms with Crippen LogP contribution in [0, 0.1) is 23.2 Å². The normalized spacial score (nSPS) is 21.4. The van der Waals surface area contributed by atoms with Crippen LogP contribution in [0.1, 0.15) is 12.5 Å². The molecule has 3 rings (SSSR count). The van der Waals surface area contributed by atoms with E-state index < -0.39 is 5.97 Å². The van der Waals surface area contributed by atoms with Gasteiger partial charge in [-0.25, -0.2) is 4.98 Å². The zero-order valence-electron chi connectivity index (χ0n) is 11.7. The molecule has 1 N–H and O–H groups in total. The molecule has 1 fully saturated rings.